The first kappa shape index (κ1) is 21.9. The van der Waals surface area contributed by atoms with Crippen LogP contribution in [0.5, 0.6) is 11.5 Å². The van der Waals surface area contributed by atoms with Crippen molar-refractivity contribution >= 4 is 34.5 Å². The third-order valence-corrected chi connectivity index (χ3v) is 4.20. The van der Waals surface area contributed by atoms with Gasteiger partial charge in [-0.3, -0.25) is 25.0 Å². The molecule has 0 aliphatic carbocycles. The predicted octanol–water partition coefficient (Wildman–Crippen LogP) is 2.15. The highest BCUT2D eigenvalue weighted by molar-refractivity contribution is 5.88. The monoisotopic (exact) mass is 442 g/mol. The molecule has 0 radical (unpaired) electrons. The molecule has 1 heterocycles. The number of hydrazone groups is 1. The molecule has 0 saturated carbocycles. The standard InChI is InChI=1S/C19H14N4O9/c1-10-4-18(25)32-16-7-13(2-3-14(10)16)31-9-17(24)21-20-8-11-5-12(22(27)28)6-15(19(11)26)23(29)30/h2-8,26H,9H2,1H3,(H,21,24)/b20-8-. The first-order valence-electron chi connectivity index (χ1n) is 8.80. The summed E-state index contributed by atoms with van der Waals surface area (Å²) in [7, 11) is 0. The molecule has 2 N–H and O–H groups in total. The molecule has 0 saturated heterocycles. The number of hydrogen-bond acceptors (Lipinski definition) is 10. The van der Waals surface area contributed by atoms with Gasteiger partial charge >= 0.3 is 11.3 Å². The summed E-state index contributed by atoms with van der Waals surface area (Å²) in [6, 6.07) is 7.50. The number of phenolic OH excluding ortho intramolecular Hbond substituents is 1. The summed E-state index contributed by atoms with van der Waals surface area (Å²) in [4.78, 5) is 43.4. The van der Waals surface area contributed by atoms with Crippen LogP contribution in [-0.4, -0.2) is 33.7 Å². The van der Waals surface area contributed by atoms with E-state index in [2.05, 4.69) is 10.5 Å². The molecule has 164 valence electrons. The number of nitrogens with zero attached hydrogens (tertiary/aromatic N) is 3. The Balaban J connectivity index is 1.67. The number of phenols is 1. The van der Waals surface area contributed by atoms with Crippen molar-refractivity contribution in [2.75, 3.05) is 6.61 Å². The molecule has 0 unspecified atom stereocenters. The van der Waals surface area contributed by atoms with Crippen LogP contribution in [0.3, 0.4) is 0 Å². The molecule has 0 spiro atoms. The fourth-order valence-corrected chi connectivity index (χ4v) is 2.72. The molecule has 1 amide bonds. The zero-order valence-corrected chi connectivity index (χ0v) is 16.3. The number of amides is 1. The summed E-state index contributed by atoms with van der Waals surface area (Å²) >= 11 is 0. The Morgan fingerprint density at radius 2 is 1.97 bits per heavy atom. The highest BCUT2D eigenvalue weighted by Crippen LogP contribution is 2.33. The molecule has 3 rings (SSSR count). The van der Waals surface area contributed by atoms with Crippen LogP contribution in [0, 0.1) is 27.2 Å². The molecule has 1 aromatic heterocycles. The third-order valence-electron chi connectivity index (χ3n) is 4.20. The van der Waals surface area contributed by atoms with Gasteiger partial charge in [-0.2, -0.15) is 5.10 Å². The van der Waals surface area contributed by atoms with Gasteiger partial charge in [0, 0.05) is 23.6 Å². The quantitative estimate of drug-likeness (QED) is 0.239. The van der Waals surface area contributed by atoms with E-state index in [-0.39, 0.29) is 16.9 Å². The minimum absolute atomic E-state index is 0.248. The van der Waals surface area contributed by atoms with Crippen LogP contribution >= 0.6 is 0 Å². The second-order valence-electron chi connectivity index (χ2n) is 6.41. The fourth-order valence-electron chi connectivity index (χ4n) is 2.72. The van der Waals surface area contributed by atoms with E-state index < -0.39 is 45.1 Å². The van der Waals surface area contributed by atoms with Crippen molar-refractivity contribution in [3.63, 3.8) is 0 Å². The maximum atomic E-state index is 11.9. The average molecular weight is 442 g/mol. The Hall–Kier alpha value is -4.81. The smallest absolute Gasteiger partial charge is 0.336 e. The number of hydrogen-bond donors (Lipinski definition) is 2. The lowest BCUT2D eigenvalue weighted by atomic mass is 10.1. The second-order valence-corrected chi connectivity index (χ2v) is 6.41. The lowest BCUT2D eigenvalue weighted by Crippen LogP contribution is -2.24. The van der Waals surface area contributed by atoms with Crippen molar-refractivity contribution in [2.45, 2.75) is 6.92 Å². The number of benzene rings is 2. The van der Waals surface area contributed by atoms with Crippen molar-refractivity contribution < 1.29 is 28.9 Å². The van der Waals surface area contributed by atoms with Crippen LogP contribution < -0.4 is 15.8 Å². The number of aryl methyl sites for hydroxylation is 1. The van der Waals surface area contributed by atoms with E-state index in [1.54, 1.807) is 19.1 Å². The lowest BCUT2D eigenvalue weighted by Gasteiger charge is -2.07. The molecule has 32 heavy (non-hydrogen) atoms. The number of fused-ring (bicyclic) bond motifs is 1. The first-order valence-corrected chi connectivity index (χ1v) is 8.80. The number of non-ortho nitro benzene ring substituents is 1. The Morgan fingerprint density at radius 3 is 2.66 bits per heavy atom. The molecule has 0 fully saturated rings. The van der Waals surface area contributed by atoms with E-state index in [4.69, 9.17) is 9.15 Å². The highest BCUT2D eigenvalue weighted by atomic mass is 16.6. The molecular weight excluding hydrogens is 428 g/mol. The largest absolute Gasteiger partial charge is 0.502 e. The van der Waals surface area contributed by atoms with Gasteiger partial charge in [-0.25, -0.2) is 10.2 Å². The molecule has 3 aromatic rings. The Kier molecular flexibility index (Phi) is 6.09. The van der Waals surface area contributed by atoms with Gasteiger partial charge in [0.05, 0.1) is 27.7 Å². The van der Waals surface area contributed by atoms with Gasteiger partial charge in [0.25, 0.3) is 11.6 Å². The van der Waals surface area contributed by atoms with E-state index in [9.17, 15) is 34.9 Å². The predicted molar refractivity (Wildman–Crippen MR) is 110 cm³/mol. The van der Waals surface area contributed by atoms with E-state index in [1.807, 2.05) is 0 Å². The summed E-state index contributed by atoms with van der Waals surface area (Å²) in [5.74, 6) is -1.33. The van der Waals surface area contributed by atoms with E-state index in [0.29, 0.717) is 11.5 Å². The van der Waals surface area contributed by atoms with Gasteiger partial charge in [-0.1, -0.05) is 0 Å². The van der Waals surface area contributed by atoms with Crippen LogP contribution in [-0.2, 0) is 4.79 Å². The maximum absolute atomic E-state index is 11.9. The Labute approximate surface area is 177 Å². The second kappa shape index (κ2) is 8.91. The lowest BCUT2D eigenvalue weighted by molar-refractivity contribution is -0.394. The van der Waals surface area contributed by atoms with Gasteiger partial charge in [0.1, 0.15) is 11.3 Å². The van der Waals surface area contributed by atoms with Crippen LogP contribution in [0.1, 0.15) is 11.1 Å². The third kappa shape index (κ3) is 4.84. The molecule has 0 aliphatic rings. The molecule has 0 aliphatic heterocycles. The topological polar surface area (TPSA) is 187 Å². The summed E-state index contributed by atoms with van der Waals surface area (Å²) in [6.07, 6.45) is 0.820. The SMILES string of the molecule is Cc1cc(=O)oc2cc(OCC(=O)N/N=C\c3cc([N+](=O)[O-])cc([N+](=O)[O-])c3O)ccc12. The van der Waals surface area contributed by atoms with E-state index in [1.165, 1.54) is 12.1 Å². The Morgan fingerprint density at radius 1 is 1.22 bits per heavy atom. The number of rotatable bonds is 7. The van der Waals surface area contributed by atoms with Crippen molar-refractivity contribution in [1.29, 1.82) is 0 Å². The van der Waals surface area contributed by atoms with Gasteiger partial charge < -0.3 is 14.3 Å². The van der Waals surface area contributed by atoms with Crippen LogP contribution in [0.2, 0.25) is 0 Å². The minimum Gasteiger partial charge on any atom is -0.502 e. The number of carbonyl (C=O) groups excluding carboxylic acids is 1. The van der Waals surface area contributed by atoms with E-state index in [0.717, 1.165) is 17.8 Å². The summed E-state index contributed by atoms with van der Waals surface area (Å²) in [6.45, 7) is 1.26. The summed E-state index contributed by atoms with van der Waals surface area (Å²) in [5.41, 5.74) is 0.689. The zero-order valence-electron chi connectivity index (χ0n) is 16.3. The molecule has 0 bridgehead atoms. The van der Waals surface area contributed by atoms with Gasteiger partial charge in [-0.05, 0) is 24.6 Å². The van der Waals surface area contributed by atoms with Crippen LogP contribution in [0.15, 0.2) is 50.7 Å². The summed E-state index contributed by atoms with van der Waals surface area (Å²) < 4.78 is 10.4. The number of aromatic hydroxyl groups is 1. The van der Waals surface area contributed by atoms with Crippen molar-refractivity contribution in [3.8, 4) is 11.5 Å². The molecule has 13 heteroatoms. The number of carbonyl (C=O) groups is 1. The normalized spacial score (nSPS) is 10.9. The molecule has 0 atom stereocenters. The zero-order chi connectivity index (χ0) is 23.4. The maximum Gasteiger partial charge on any atom is 0.336 e. The van der Waals surface area contributed by atoms with Crippen LogP contribution in [0.4, 0.5) is 11.4 Å². The molecule has 13 nitrogen and oxygen atoms in total. The number of nitro groups is 2. The average Bonchev–Trinajstić information content (AvgIpc) is 2.72. The summed E-state index contributed by atoms with van der Waals surface area (Å²) in [5, 5.41) is 36.0. The van der Waals surface area contributed by atoms with Crippen molar-refractivity contribution in [3.05, 3.63) is 78.2 Å². The minimum atomic E-state index is -0.987. The highest BCUT2D eigenvalue weighted by Gasteiger charge is 2.23. The fraction of sp³-hybridized carbons (Fsp3) is 0.105. The van der Waals surface area contributed by atoms with Crippen molar-refractivity contribution in [1.82, 2.24) is 5.43 Å². The van der Waals surface area contributed by atoms with Gasteiger partial charge in [0.15, 0.2) is 6.61 Å². The molecular formula is C19H14N4O9. The number of ether oxygens (including phenoxy) is 1. The van der Waals surface area contributed by atoms with E-state index >= 15 is 0 Å². The number of nitro benzene ring substituents is 2. The van der Waals surface area contributed by atoms with Crippen molar-refractivity contribution in [2.24, 2.45) is 5.10 Å². The Bertz CT molecular complexity index is 1330. The van der Waals surface area contributed by atoms with Crippen LogP contribution in [0.25, 0.3) is 11.0 Å². The van der Waals surface area contributed by atoms with Gasteiger partial charge in [0.2, 0.25) is 5.75 Å². The first-order chi connectivity index (χ1) is 15.2. The molecule has 2 aromatic carbocycles. The number of nitrogens with one attached hydrogen (secondary N) is 1. The van der Waals surface area contributed by atoms with Gasteiger partial charge in [-0.15, -0.1) is 0 Å².